The summed E-state index contributed by atoms with van der Waals surface area (Å²) in [6.07, 6.45) is 3.66. The molecule has 0 spiro atoms. The number of amides is 1. The highest BCUT2D eigenvalue weighted by atomic mass is 16.5. The molecule has 0 saturated carbocycles. The predicted molar refractivity (Wildman–Crippen MR) is 106 cm³/mol. The van der Waals surface area contributed by atoms with Gasteiger partial charge in [0.15, 0.2) is 5.43 Å². The molecule has 0 aliphatic carbocycles. The fourth-order valence-corrected chi connectivity index (χ4v) is 3.79. The molecular formula is C22H22N2O3. The number of methoxy groups -OCH3 is 1. The number of nitrogens with zero attached hydrogens (tertiary/aromatic N) is 1. The lowest BCUT2D eigenvalue weighted by atomic mass is 10.0. The highest BCUT2D eigenvalue weighted by Gasteiger charge is 2.29. The summed E-state index contributed by atoms with van der Waals surface area (Å²) < 4.78 is 5.24. The molecule has 5 nitrogen and oxygen atoms in total. The summed E-state index contributed by atoms with van der Waals surface area (Å²) in [5.41, 5.74) is 3.43. The maximum Gasteiger partial charge on any atom is 0.254 e. The first kappa shape index (κ1) is 17.5. The van der Waals surface area contributed by atoms with Gasteiger partial charge in [0.2, 0.25) is 0 Å². The van der Waals surface area contributed by atoms with Crippen LogP contribution in [0.25, 0.3) is 22.0 Å². The van der Waals surface area contributed by atoms with Crippen molar-refractivity contribution in [3.05, 3.63) is 70.5 Å². The van der Waals surface area contributed by atoms with Gasteiger partial charge in [0, 0.05) is 42.4 Å². The Bertz CT molecular complexity index is 1020. The van der Waals surface area contributed by atoms with Crippen LogP contribution >= 0.6 is 0 Å². The van der Waals surface area contributed by atoms with Gasteiger partial charge in [0.25, 0.3) is 5.91 Å². The van der Waals surface area contributed by atoms with Gasteiger partial charge in [-0.15, -0.1) is 0 Å². The van der Waals surface area contributed by atoms with Crippen molar-refractivity contribution in [3.8, 4) is 11.1 Å². The van der Waals surface area contributed by atoms with Gasteiger partial charge in [-0.05, 0) is 48.2 Å². The summed E-state index contributed by atoms with van der Waals surface area (Å²) in [5, 5.41) is 0.662. The maximum atomic E-state index is 12.8. The molecule has 1 aliphatic rings. The molecule has 0 bridgehead atoms. The second kappa shape index (κ2) is 7.37. The molecule has 1 atom stereocenters. The number of aromatic nitrogens is 1. The van der Waals surface area contributed by atoms with E-state index in [1.807, 2.05) is 47.4 Å². The first-order valence-corrected chi connectivity index (χ1v) is 9.19. The number of hydrogen-bond donors (Lipinski definition) is 1. The number of benzene rings is 2. The number of fused-ring (bicyclic) bond motifs is 1. The summed E-state index contributed by atoms with van der Waals surface area (Å²) >= 11 is 0. The largest absolute Gasteiger partial charge is 0.383 e. The zero-order valence-electron chi connectivity index (χ0n) is 15.3. The van der Waals surface area contributed by atoms with E-state index >= 15 is 0 Å². The zero-order valence-corrected chi connectivity index (χ0v) is 15.3. The lowest BCUT2D eigenvalue weighted by molar-refractivity contribution is 0.0630. The minimum Gasteiger partial charge on any atom is -0.383 e. The van der Waals surface area contributed by atoms with Crippen molar-refractivity contribution in [1.82, 2.24) is 9.88 Å². The van der Waals surface area contributed by atoms with E-state index in [0.717, 1.165) is 36.0 Å². The van der Waals surface area contributed by atoms with E-state index in [9.17, 15) is 9.59 Å². The number of rotatable bonds is 4. The molecule has 4 rings (SSSR count). The Morgan fingerprint density at radius 1 is 1.15 bits per heavy atom. The molecule has 1 N–H and O–H groups in total. The summed E-state index contributed by atoms with van der Waals surface area (Å²) in [4.78, 5) is 29.9. The van der Waals surface area contributed by atoms with Crippen LogP contribution in [0.4, 0.5) is 0 Å². The molecule has 3 aromatic rings. The van der Waals surface area contributed by atoms with Crippen molar-refractivity contribution >= 4 is 16.8 Å². The van der Waals surface area contributed by atoms with Crippen molar-refractivity contribution in [2.75, 3.05) is 20.3 Å². The molecule has 1 amide bonds. The van der Waals surface area contributed by atoms with Gasteiger partial charge in [-0.1, -0.05) is 18.2 Å². The normalized spacial score (nSPS) is 16.8. The Morgan fingerprint density at radius 2 is 1.93 bits per heavy atom. The topological polar surface area (TPSA) is 62.4 Å². The highest BCUT2D eigenvalue weighted by molar-refractivity contribution is 5.95. The van der Waals surface area contributed by atoms with E-state index < -0.39 is 0 Å². The Kier molecular flexibility index (Phi) is 4.77. The van der Waals surface area contributed by atoms with Crippen LogP contribution in [0.15, 0.2) is 59.5 Å². The van der Waals surface area contributed by atoms with Crippen molar-refractivity contribution in [2.45, 2.75) is 18.9 Å². The van der Waals surface area contributed by atoms with Crippen LogP contribution in [0.5, 0.6) is 0 Å². The fraction of sp³-hybridized carbons (Fsp3) is 0.273. The predicted octanol–water partition coefficient (Wildman–Crippen LogP) is 3.45. The number of pyridine rings is 1. The second-order valence-corrected chi connectivity index (χ2v) is 6.93. The van der Waals surface area contributed by atoms with Crippen molar-refractivity contribution < 1.29 is 9.53 Å². The summed E-state index contributed by atoms with van der Waals surface area (Å²) in [6, 6.07) is 15.1. The monoisotopic (exact) mass is 362 g/mol. The van der Waals surface area contributed by atoms with E-state index in [0.29, 0.717) is 17.6 Å². The van der Waals surface area contributed by atoms with Crippen LogP contribution in [-0.4, -0.2) is 42.1 Å². The minimum absolute atomic E-state index is 0.00406. The number of aromatic amines is 1. The van der Waals surface area contributed by atoms with Gasteiger partial charge in [-0.25, -0.2) is 0 Å². The summed E-state index contributed by atoms with van der Waals surface area (Å²) in [7, 11) is 1.67. The highest BCUT2D eigenvalue weighted by Crippen LogP contribution is 2.25. The number of carbonyl (C=O) groups is 1. The molecule has 0 unspecified atom stereocenters. The molecule has 2 aromatic carbocycles. The number of hydrogen-bond acceptors (Lipinski definition) is 3. The third kappa shape index (κ3) is 3.38. The SMILES string of the molecule is COC[C@@H]1CCCN1C(=O)c1ccc(-c2ccc3[nH]ccc(=O)c3c2)cc1. The number of H-pyrrole nitrogens is 1. The van der Waals surface area contributed by atoms with Crippen LogP contribution < -0.4 is 5.43 Å². The van der Waals surface area contributed by atoms with Crippen molar-refractivity contribution in [2.24, 2.45) is 0 Å². The molecule has 1 aliphatic heterocycles. The minimum atomic E-state index is -0.00406. The summed E-state index contributed by atoms with van der Waals surface area (Å²) in [5.74, 6) is 0.0519. The van der Waals surface area contributed by atoms with Crippen LogP contribution in [-0.2, 0) is 4.74 Å². The van der Waals surface area contributed by atoms with E-state index in [4.69, 9.17) is 4.74 Å². The lowest BCUT2D eigenvalue weighted by Gasteiger charge is -2.24. The van der Waals surface area contributed by atoms with E-state index in [1.165, 1.54) is 6.07 Å². The Balaban J connectivity index is 1.60. The molecule has 1 fully saturated rings. The number of carbonyl (C=O) groups excluding carboxylic acids is 1. The van der Waals surface area contributed by atoms with Gasteiger partial charge in [-0.3, -0.25) is 9.59 Å². The average molecular weight is 362 g/mol. The fourth-order valence-electron chi connectivity index (χ4n) is 3.79. The molecule has 2 heterocycles. The first-order chi connectivity index (χ1) is 13.2. The van der Waals surface area contributed by atoms with Crippen molar-refractivity contribution in [1.29, 1.82) is 0 Å². The Labute approximate surface area is 157 Å². The van der Waals surface area contributed by atoms with Gasteiger partial charge in [-0.2, -0.15) is 0 Å². The molecule has 27 heavy (non-hydrogen) atoms. The molecule has 5 heteroatoms. The average Bonchev–Trinajstić information content (AvgIpc) is 3.16. The van der Waals surface area contributed by atoms with Crippen LogP contribution in [0.2, 0.25) is 0 Å². The third-order valence-corrected chi connectivity index (χ3v) is 5.22. The van der Waals surface area contributed by atoms with Crippen molar-refractivity contribution in [3.63, 3.8) is 0 Å². The van der Waals surface area contributed by atoms with Gasteiger partial charge in [0.05, 0.1) is 12.6 Å². The lowest BCUT2D eigenvalue weighted by Crippen LogP contribution is -2.38. The van der Waals surface area contributed by atoms with E-state index in [1.54, 1.807) is 13.3 Å². The second-order valence-electron chi connectivity index (χ2n) is 6.93. The maximum absolute atomic E-state index is 12.8. The first-order valence-electron chi connectivity index (χ1n) is 9.19. The molecule has 0 radical (unpaired) electrons. The van der Waals surface area contributed by atoms with Gasteiger partial charge < -0.3 is 14.6 Å². The van der Waals surface area contributed by atoms with Crippen LogP contribution in [0, 0.1) is 0 Å². The van der Waals surface area contributed by atoms with E-state index in [-0.39, 0.29) is 17.4 Å². The quantitative estimate of drug-likeness (QED) is 0.773. The third-order valence-electron chi connectivity index (χ3n) is 5.22. The van der Waals surface area contributed by atoms with Crippen LogP contribution in [0.1, 0.15) is 23.2 Å². The number of nitrogens with one attached hydrogen (secondary N) is 1. The number of likely N-dealkylation sites (tertiary alicyclic amines) is 1. The van der Waals surface area contributed by atoms with Crippen LogP contribution in [0.3, 0.4) is 0 Å². The standard InChI is InChI=1S/C22H22N2O3/c1-27-14-18-3-2-12-24(18)22(26)16-6-4-15(5-7-16)17-8-9-20-19(13-17)21(25)10-11-23-20/h4-11,13,18H,2-3,12,14H2,1H3,(H,23,25)/t18-/m0/s1. The number of ether oxygens (including phenoxy) is 1. The molecule has 138 valence electrons. The molecule has 1 saturated heterocycles. The summed E-state index contributed by atoms with van der Waals surface area (Å²) in [6.45, 7) is 1.36. The smallest absolute Gasteiger partial charge is 0.254 e. The zero-order chi connectivity index (χ0) is 18.8. The Morgan fingerprint density at radius 3 is 2.70 bits per heavy atom. The van der Waals surface area contributed by atoms with Gasteiger partial charge >= 0.3 is 0 Å². The van der Waals surface area contributed by atoms with Gasteiger partial charge in [0.1, 0.15) is 0 Å². The van der Waals surface area contributed by atoms with E-state index in [2.05, 4.69) is 4.98 Å². The molecule has 1 aromatic heterocycles. The molecular weight excluding hydrogens is 340 g/mol. The Hall–Kier alpha value is -2.92.